The van der Waals surface area contributed by atoms with Crippen molar-refractivity contribution in [3.05, 3.63) is 0 Å². The number of carboxylic acid groups (broad SMARTS) is 1. The summed E-state index contributed by atoms with van der Waals surface area (Å²) in [5.74, 6) is -2.44. The first-order chi connectivity index (χ1) is 6.34. The molecule has 82 valence electrons. The molecule has 0 aliphatic carbocycles. The number of nitrogens with one attached hydrogen (secondary N) is 1. The van der Waals surface area contributed by atoms with Gasteiger partial charge in [-0.15, -0.1) is 0 Å². The minimum Gasteiger partial charge on any atom is -0.481 e. The van der Waals surface area contributed by atoms with Crippen molar-refractivity contribution >= 4 is 22.7 Å². The zero-order valence-corrected chi connectivity index (χ0v) is 9.26. The molecule has 0 aliphatic heterocycles. The van der Waals surface area contributed by atoms with Crippen LogP contribution in [0.3, 0.4) is 0 Å². The number of carboxylic acids is 1. The van der Waals surface area contributed by atoms with Gasteiger partial charge in [0.05, 0.1) is 0 Å². The predicted octanol–water partition coefficient (Wildman–Crippen LogP) is -0.410. The largest absolute Gasteiger partial charge is 0.481 e. The Balaban J connectivity index is 4.05. The topological polar surface area (TPSA) is 83.5 Å². The Kier molecular flexibility index (Phi) is 5.37. The zero-order valence-electron chi connectivity index (χ0n) is 8.44. The highest BCUT2D eigenvalue weighted by Crippen LogP contribution is 1.96. The van der Waals surface area contributed by atoms with Crippen molar-refractivity contribution in [2.24, 2.45) is 5.92 Å². The molecule has 5 nitrogen and oxygen atoms in total. The highest BCUT2D eigenvalue weighted by atomic mass is 32.2. The van der Waals surface area contributed by atoms with Crippen LogP contribution in [-0.2, 0) is 20.4 Å². The molecule has 0 saturated heterocycles. The third kappa shape index (κ3) is 4.96. The number of hydrogen-bond acceptors (Lipinski definition) is 3. The fraction of sp³-hybridized carbons (Fsp3) is 0.750. The summed E-state index contributed by atoms with van der Waals surface area (Å²) in [6.07, 6.45) is 1.53. The lowest BCUT2D eigenvalue weighted by molar-refractivity contribution is -0.146. The molecule has 0 bridgehead atoms. The summed E-state index contributed by atoms with van der Waals surface area (Å²) in [7, 11) is -0.998. The smallest absolute Gasteiger partial charge is 0.315 e. The lowest BCUT2D eigenvalue weighted by Gasteiger charge is -2.14. The van der Waals surface area contributed by atoms with E-state index in [-0.39, 0.29) is 6.04 Å². The van der Waals surface area contributed by atoms with Crippen LogP contribution in [0.1, 0.15) is 13.8 Å². The van der Waals surface area contributed by atoms with Gasteiger partial charge >= 0.3 is 5.97 Å². The molecular weight excluding hydrogens is 206 g/mol. The maximum absolute atomic E-state index is 11.2. The van der Waals surface area contributed by atoms with Crippen LogP contribution in [0, 0.1) is 5.92 Å². The van der Waals surface area contributed by atoms with E-state index in [0.717, 1.165) is 0 Å². The molecule has 2 N–H and O–H groups in total. The summed E-state index contributed by atoms with van der Waals surface area (Å²) < 4.78 is 10.8. The molecule has 3 atom stereocenters. The predicted molar refractivity (Wildman–Crippen MR) is 53.3 cm³/mol. The summed E-state index contributed by atoms with van der Waals surface area (Å²) in [5.41, 5.74) is 0. The molecule has 0 aliphatic rings. The van der Waals surface area contributed by atoms with Crippen LogP contribution in [-0.4, -0.2) is 39.2 Å². The van der Waals surface area contributed by atoms with Gasteiger partial charge in [0.2, 0.25) is 5.91 Å². The van der Waals surface area contributed by atoms with E-state index >= 15 is 0 Å². The Hall–Kier alpha value is -0.910. The molecule has 1 amide bonds. The van der Waals surface area contributed by atoms with Crippen molar-refractivity contribution in [1.82, 2.24) is 5.32 Å². The first-order valence-corrected chi connectivity index (χ1v) is 5.90. The Labute approximate surface area is 85.3 Å². The molecule has 14 heavy (non-hydrogen) atoms. The summed E-state index contributed by atoms with van der Waals surface area (Å²) in [5, 5.41) is 11.0. The van der Waals surface area contributed by atoms with Crippen LogP contribution in [0.4, 0.5) is 0 Å². The molecule has 0 fully saturated rings. The molecule has 0 spiro atoms. The van der Waals surface area contributed by atoms with Crippen LogP contribution in [0.25, 0.3) is 0 Å². The molecule has 0 aromatic heterocycles. The van der Waals surface area contributed by atoms with E-state index in [9.17, 15) is 13.8 Å². The van der Waals surface area contributed by atoms with Crippen LogP contribution in [0.2, 0.25) is 0 Å². The number of aliphatic carboxylic acids is 1. The number of carbonyl (C=O) groups excluding carboxylic acids is 1. The molecule has 3 unspecified atom stereocenters. The van der Waals surface area contributed by atoms with Crippen molar-refractivity contribution in [1.29, 1.82) is 0 Å². The molecule has 0 aromatic carbocycles. The van der Waals surface area contributed by atoms with E-state index < -0.39 is 28.6 Å². The minimum atomic E-state index is -1.16. The molecule has 6 heteroatoms. The van der Waals surface area contributed by atoms with Gasteiger partial charge in [-0.05, 0) is 13.8 Å². The quantitative estimate of drug-likeness (QED) is 0.618. The highest BCUT2D eigenvalue weighted by Gasteiger charge is 2.21. The first-order valence-electron chi connectivity index (χ1n) is 4.17. The maximum atomic E-state index is 11.2. The second-order valence-corrected chi connectivity index (χ2v) is 4.69. The number of rotatable bonds is 5. The van der Waals surface area contributed by atoms with Gasteiger partial charge in [-0.2, -0.15) is 0 Å². The van der Waals surface area contributed by atoms with Crippen molar-refractivity contribution in [2.45, 2.75) is 19.9 Å². The minimum absolute atomic E-state index is 0.268. The average molecular weight is 221 g/mol. The van der Waals surface area contributed by atoms with Crippen molar-refractivity contribution in [3.63, 3.8) is 0 Å². The van der Waals surface area contributed by atoms with E-state index in [4.69, 9.17) is 5.11 Å². The Morgan fingerprint density at radius 1 is 1.43 bits per heavy atom. The van der Waals surface area contributed by atoms with Gasteiger partial charge in [-0.3, -0.25) is 13.8 Å². The van der Waals surface area contributed by atoms with E-state index in [1.807, 2.05) is 0 Å². The third-order valence-corrected chi connectivity index (χ3v) is 2.61. The lowest BCUT2D eigenvalue weighted by Crippen LogP contribution is -2.41. The van der Waals surface area contributed by atoms with Crippen LogP contribution in [0.5, 0.6) is 0 Å². The van der Waals surface area contributed by atoms with Gasteiger partial charge in [0.15, 0.2) is 0 Å². The van der Waals surface area contributed by atoms with Gasteiger partial charge in [0.1, 0.15) is 5.92 Å². The second kappa shape index (κ2) is 5.74. The first kappa shape index (κ1) is 13.1. The Morgan fingerprint density at radius 2 is 1.93 bits per heavy atom. The SMILES string of the molecule is CC(CS(C)=O)NC(=O)C(C)C(=O)O. The summed E-state index contributed by atoms with van der Waals surface area (Å²) in [6, 6.07) is -0.268. The summed E-state index contributed by atoms with van der Waals surface area (Å²) in [6.45, 7) is 3.00. The molecular formula is C8H15NO4S. The fourth-order valence-corrected chi connectivity index (χ4v) is 1.66. The van der Waals surface area contributed by atoms with Crippen molar-refractivity contribution in [2.75, 3.05) is 12.0 Å². The normalized spacial score (nSPS) is 16.8. The van der Waals surface area contributed by atoms with Gasteiger partial charge < -0.3 is 10.4 Å². The van der Waals surface area contributed by atoms with Crippen LogP contribution < -0.4 is 5.32 Å². The molecule has 0 heterocycles. The van der Waals surface area contributed by atoms with E-state index in [1.165, 1.54) is 13.2 Å². The number of carbonyl (C=O) groups is 2. The second-order valence-electron chi connectivity index (χ2n) is 3.21. The monoisotopic (exact) mass is 221 g/mol. The summed E-state index contributed by atoms with van der Waals surface area (Å²) >= 11 is 0. The fourth-order valence-electron chi connectivity index (χ4n) is 0.874. The van der Waals surface area contributed by atoms with Gasteiger partial charge in [0.25, 0.3) is 0 Å². The average Bonchev–Trinajstić information content (AvgIpc) is 2.00. The number of hydrogen-bond donors (Lipinski definition) is 2. The molecule has 0 aromatic rings. The summed E-state index contributed by atoms with van der Waals surface area (Å²) in [4.78, 5) is 21.6. The Bertz CT molecular complexity index is 254. The lowest BCUT2D eigenvalue weighted by atomic mass is 10.1. The molecule has 0 radical (unpaired) electrons. The molecule has 0 rings (SSSR count). The van der Waals surface area contributed by atoms with E-state index in [1.54, 1.807) is 6.92 Å². The highest BCUT2D eigenvalue weighted by molar-refractivity contribution is 7.84. The zero-order chi connectivity index (χ0) is 11.3. The standard InChI is InChI=1S/C8H15NO4S/c1-5(4-14(3)13)9-7(10)6(2)8(11)12/h5-6H,4H2,1-3H3,(H,9,10)(H,11,12). The van der Waals surface area contributed by atoms with Crippen LogP contribution in [0.15, 0.2) is 0 Å². The van der Waals surface area contributed by atoms with Gasteiger partial charge in [-0.25, -0.2) is 0 Å². The van der Waals surface area contributed by atoms with Crippen molar-refractivity contribution in [3.8, 4) is 0 Å². The number of amides is 1. The van der Waals surface area contributed by atoms with Crippen LogP contribution >= 0.6 is 0 Å². The van der Waals surface area contributed by atoms with Gasteiger partial charge in [-0.1, -0.05) is 0 Å². The van der Waals surface area contributed by atoms with E-state index in [0.29, 0.717) is 5.75 Å². The maximum Gasteiger partial charge on any atom is 0.315 e. The van der Waals surface area contributed by atoms with Crippen molar-refractivity contribution < 1.29 is 18.9 Å². The molecule has 0 saturated carbocycles. The Morgan fingerprint density at radius 3 is 2.29 bits per heavy atom. The third-order valence-electron chi connectivity index (χ3n) is 1.64. The van der Waals surface area contributed by atoms with E-state index in [2.05, 4.69) is 5.32 Å². The van der Waals surface area contributed by atoms with Gasteiger partial charge in [0, 0.05) is 28.9 Å².